The number of hydrogen-bond acceptors (Lipinski definition) is 3. The largest absolute Gasteiger partial charge is 0.271 e. The van der Waals surface area contributed by atoms with E-state index in [1.54, 1.807) is 0 Å². The summed E-state index contributed by atoms with van der Waals surface area (Å²) in [6, 6.07) is 10.8. The maximum absolute atomic E-state index is 5.86. The minimum atomic E-state index is 0.252. The van der Waals surface area contributed by atoms with Crippen molar-refractivity contribution in [2.75, 3.05) is 0 Å². The van der Waals surface area contributed by atoms with Crippen molar-refractivity contribution < 1.29 is 0 Å². The van der Waals surface area contributed by atoms with E-state index in [0.717, 1.165) is 11.4 Å². The first-order chi connectivity index (χ1) is 9.78. The molecule has 1 saturated carbocycles. The molecule has 0 bridgehead atoms. The molecule has 0 saturated heterocycles. The van der Waals surface area contributed by atoms with E-state index in [9.17, 15) is 0 Å². The Morgan fingerprint density at radius 2 is 2.20 bits per heavy atom. The molecule has 3 atom stereocenters. The minimum Gasteiger partial charge on any atom is -0.271 e. The van der Waals surface area contributed by atoms with Crippen LogP contribution in [-0.4, -0.2) is 4.98 Å². The molecule has 0 radical (unpaired) electrons. The molecular weight excluding hydrogens is 246 g/mol. The number of pyridine rings is 1. The molecule has 1 aliphatic rings. The molecule has 3 rings (SSSR count). The van der Waals surface area contributed by atoms with Gasteiger partial charge in [-0.1, -0.05) is 31.9 Å². The van der Waals surface area contributed by atoms with Crippen molar-refractivity contribution in [3.8, 4) is 0 Å². The van der Waals surface area contributed by atoms with Crippen LogP contribution < -0.4 is 11.3 Å². The molecule has 3 heteroatoms. The van der Waals surface area contributed by atoms with Crippen LogP contribution in [0.1, 0.15) is 44.2 Å². The first-order valence-electron chi connectivity index (χ1n) is 7.58. The van der Waals surface area contributed by atoms with Crippen molar-refractivity contribution in [1.29, 1.82) is 0 Å². The Labute approximate surface area is 120 Å². The van der Waals surface area contributed by atoms with Gasteiger partial charge in [-0.25, -0.2) is 0 Å². The fourth-order valence-corrected chi connectivity index (χ4v) is 3.58. The summed E-state index contributed by atoms with van der Waals surface area (Å²) in [4.78, 5) is 4.38. The number of nitrogens with one attached hydrogen (secondary N) is 1. The number of nitrogens with two attached hydrogens (primary N) is 1. The van der Waals surface area contributed by atoms with Crippen molar-refractivity contribution in [2.24, 2.45) is 17.7 Å². The second-order valence-electron chi connectivity index (χ2n) is 6.13. The van der Waals surface area contributed by atoms with Crippen LogP contribution in [0.15, 0.2) is 36.5 Å². The van der Waals surface area contributed by atoms with Crippen LogP contribution in [0, 0.1) is 11.8 Å². The third kappa shape index (κ3) is 2.69. The molecule has 1 fully saturated rings. The molecule has 1 aromatic heterocycles. The van der Waals surface area contributed by atoms with Gasteiger partial charge in [-0.05, 0) is 48.4 Å². The Morgan fingerprint density at radius 1 is 1.30 bits per heavy atom. The van der Waals surface area contributed by atoms with E-state index < -0.39 is 0 Å². The quantitative estimate of drug-likeness (QED) is 0.661. The van der Waals surface area contributed by atoms with Gasteiger partial charge in [-0.2, -0.15) is 0 Å². The fraction of sp³-hybridized carbons (Fsp3) is 0.471. The second kappa shape index (κ2) is 5.90. The van der Waals surface area contributed by atoms with Crippen LogP contribution in [0.2, 0.25) is 0 Å². The highest BCUT2D eigenvalue weighted by Crippen LogP contribution is 2.37. The Bertz CT molecular complexity index is 581. The van der Waals surface area contributed by atoms with Crippen LogP contribution in [0.3, 0.4) is 0 Å². The van der Waals surface area contributed by atoms with Crippen molar-refractivity contribution in [1.82, 2.24) is 10.4 Å². The Hall–Kier alpha value is -1.45. The summed E-state index contributed by atoms with van der Waals surface area (Å²) in [5.41, 5.74) is 5.38. The molecule has 106 valence electrons. The second-order valence-corrected chi connectivity index (χ2v) is 6.13. The van der Waals surface area contributed by atoms with E-state index in [1.807, 2.05) is 12.3 Å². The van der Waals surface area contributed by atoms with Crippen molar-refractivity contribution in [3.05, 3.63) is 42.1 Å². The monoisotopic (exact) mass is 269 g/mol. The van der Waals surface area contributed by atoms with Crippen LogP contribution in [0.5, 0.6) is 0 Å². The molecular formula is C17H23N3. The lowest BCUT2D eigenvalue weighted by Crippen LogP contribution is -2.35. The lowest BCUT2D eigenvalue weighted by atomic mass is 9.77. The number of fused-ring (bicyclic) bond motifs is 1. The van der Waals surface area contributed by atoms with E-state index in [-0.39, 0.29) is 6.04 Å². The molecule has 0 aliphatic heterocycles. The average molecular weight is 269 g/mol. The predicted molar refractivity (Wildman–Crippen MR) is 82.9 cm³/mol. The van der Waals surface area contributed by atoms with Gasteiger partial charge in [0, 0.05) is 17.6 Å². The lowest BCUT2D eigenvalue weighted by Gasteiger charge is -2.33. The zero-order chi connectivity index (χ0) is 13.9. The highest BCUT2D eigenvalue weighted by atomic mass is 15.2. The van der Waals surface area contributed by atoms with E-state index in [0.29, 0.717) is 5.92 Å². The summed E-state index contributed by atoms with van der Waals surface area (Å²) in [7, 11) is 0. The van der Waals surface area contributed by atoms with Crippen molar-refractivity contribution in [3.63, 3.8) is 0 Å². The van der Waals surface area contributed by atoms with Crippen LogP contribution in [0.25, 0.3) is 10.9 Å². The van der Waals surface area contributed by atoms with Gasteiger partial charge in [0.25, 0.3) is 0 Å². The summed E-state index contributed by atoms with van der Waals surface area (Å²) in [6.07, 6.45) is 7.04. The maximum Gasteiger partial charge on any atom is 0.0702 e. The van der Waals surface area contributed by atoms with E-state index in [2.05, 4.69) is 41.6 Å². The van der Waals surface area contributed by atoms with Gasteiger partial charge in [0.15, 0.2) is 0 Å². The molecule has 0 amide bonds. The van der Waals surface area contributed by atoms with Crippen LogP contribution in [-0.2, 0) is 0 Å². The summed E-state index contributed by atoms with van der Waals surface area (Å²) < 4.78 is 0. The third-order valence-electron chi connectivity index (χ3n) is 4.61. The zero-order valence-corrected chi connectivity index (χ0v) is 12.0. The average Bonchev–Trinajstić information content (AvgIpc) is 2.48. The SMILES string of the molecule is CC1CCCC(C(NN)c2ccc3ncccc3c2)C1. The molecule has 2 aromatic rings. The number of hydrazine groups is 1. The van der Waals surface area contributed by atoms with E-state index in [1.165, 1.54) is 36.6 Å². The Balaban J connectivity index is 1.90. The maximum atomic E-state index is 5.86. The van der Waals surface area contributed by atoms with Gasteiger partial charge in [0.05, 0.1) is 5.52 Å². The third-order valence-corrected chi connectivity index (χ3v) is 4.61. The van der Waals surface area contributed by atoms with E-state index in [4.69, 9.17) is 5.84 Å². The lowest BCUT2D eigenvalue weighted by molar-refractivity contribution is 0.224. The summed E-state index contributed by atoms with van der Waals surface area (Å²) in [5.74, 6) is 7.31. The zero-order valence-electron chi connectivity index (χ0n) is 12.0. The van der Waals surface area contributed by atoms with E-state index >= 15 is 0 Å². The number of aromatic nitrogens is 1. The minimum absolute atomic E-state index is 0.252. The molecule has 3 nitrogen and oxygen atoms in total. The molecule has 20 heavy (non-hydrogen) atoms. The van der Waals surface area contributed by atoms with Gasteiger partial charge < -0.3 is 0 Å². The molecule has 3 unspecified atom stereocenters. The topological polar surface area (TPSA) is 50.9 Å². The molecule has 1 heterocycles. The van der Waals surface area contributed by atoms with Crippen molar-refractivity contribution >= 4 is 10.9 Å². The van der Waals surface area contributed by atoms with Gasteiger partial charge in [0.2, 0.25) is 0 Å². The van der Waals surface area contributed by atoms with Gasteiger partial charge in [-0.15, -0.1) is 0 Å². The Morgan fingerprint density at radius 3 is 3.00 bits per heavy atom. The number of hydrogen-bond donors (Lipinski definition) is 2. The summed E-state index contributed by atoms with van der Waals surface area (Å²) in [6.45, 7) is 2.35. The van der Waals surface area contributed by atoms with Crippen molar-refractivity contribution in [2.45, 2.75) is 38.6 Å². The number of rotatable bonds is 3. The smallest absolute Gasteiger partial charge is 0.0702 e. The fourth-order valence-electron chi connectivity index (χ4n) is 3.58. The first-order valence-corrected chi connectivity index (χ1v) is 7.58. The molecule has 1 aromatic carbocycles. The molecule has 3 N–H and O–H groups in total. The molecule has 0 spiro atoms. The first kappa shape index (κ1) is 13.5. The van der Waals surface area contributed by atoms with Gasteiger partial charge in [-0.3, -0.25) is 16.3 Å². The highest BCUT2D eigenvalue weighted by molar-refractivity contribution is 5.79. The van der Waals surface area contributed by atoms with Crippen LogP contribution >= 0.6 is 0 Å². The Kier molecular flexibility index (Phi) is 3.99. The van der Waals surface area contributed by atoms with Crippen LogP contribution in [0.4, 0.5) is 0 Å². The van der Waals surface area contributed by atoms with Gasteiger partial charge >= 0.3 is 0 Å². The number of nitrogens with zero attached hydrogens (tertiary/aromatic N) is 1. The highest BCUT2D eigenvalue weighted by Gasteiger charge is 2.27. The summed E-state index contributed by atoms with van der Waals surface area (Å²) in [5, 5.41) is 1.19. The normalized spacial score (nSPS) is 24.7. The number of benzene rings is 1. The molecule has 1 aliphatic carbocycles. The predicted octanol–water partition coefficient (Wildman–Crippen LogP) is 3.57. The van der Waals surface area contributed by atoms with Gasteiger partial charge in [0.1, 0.15) is 0 Å². The summed E-state index contributed by atoms with van der Waals surface area (Å²) >= 11 is 0. The standard InChI is InChI=1S/C17H23N3/c1-12-4-2-5-14(10-12)17(20-18)15-7-8-16-13(11-15)6-3-9-19-16/h3,6-9,11-12,14,17,20H,2,4-5,10,18H2,1H3.